The molecule has 10 heteroatoms. The van der Waals surface area contributed by atoms with E-state index in [-0.39, 0.29) is 22.2 Å². The van der Waals surface area contributed by atoms with Crippen LogP contribution in [0.2, 0.25) is 0 Å². The Bertz CT molecular complexity index is 1220. The van der Waals surface area contributed by atoms with Gasteiger partial charge in [-0.25, -0.2) is 15.0 Å². The molecule has 0 saturated heterocycles. The molecule has 0 saturated carbocycles. The largest absolute Gasteiger partial charge is 0.494 e. The summed E-state index contributed by atoms with van der Waals surface area (Å²) in [4.78, 5) is 33.2. The molecule has 0 radical (unpaired) electrons. The number of benzene rings is 1. The number of fused-ring (bicyclic) bond motifs is 1. The summed E-state index contributed by atoms with van der Waals surface area (Å²) in [6, 6.07) is 3.99. The van der Waals surface area contributed by atoms with Crippen LogP contribution in [0.1, 0.15) is 22.4 Å². The van der Waals surface area contributed by atoms with E-state index < -0.39 is 11.4 Å². The fraction of sp³-hybridized carbons (Fsp3) is 0.176. The van der Waals surface area contributed by atoms with Crippen LogP contribution < -0.4 is 11.3 Å². The van der Waals surface area contributed by atoms with Crippen molar-refractivity contribution in [3.8, 4) is 5.88 Å². The number of guanidine groups is 1. The van der Waals surface area contributed by atoms with Crippen molar-refractivity contribution in [1.82, 2.24) is 19.9 Å². The second kappa shape index (κ2) is 7.08. The summed E-state index contributed by atoms with van der Waals surface area (Å²) in [6.45, 7) is 5.89. The number of H-pyrrole nitrogens is 2. The van der Waals surface area contributed by atoms with Gasteiger partial charge in [0.1, 0.15) is 5.56 Å². The highest BCUT2D eigenvalue weighted by Crippen LogP contribution is 2.22. The van der Waals surface area contributed by atoms with E-state index in [1.807, 2.05) is 32.9 Å². The molecule has 0 aliphatic heterocycles. The minimum atomic E-state index is -0.601. The zero-order valence-corrected chi connectivity index (χ0v) is 15.7. The molecule has 0 aliphatic carbocycles. The van der Waals surface area contributed by atoms with Gasteiger partial charge in [-0.3, -0.25) is 9.78 Å². The first-order valence-corrected chi connectivity index (χ1v) is 8.35. The number of nitrogens with zero attached hydrogens (tertiary/aromatic N) is 4. The topological polar surface area (TPSA) is 145 Å². The fourth-order valence-electron chi connectivity index (χ4n) is 2.44. The molecule has 3 aromatic rings. The molecule has 138 valence electrons. The summed E-state index contributed by atoms with van der Waals surface area (Å²) in [6.07, 6.45) is 1.08. The molecule has 5 N–H and O–H groups in total. The SMILES string of the molecule is Cc1cc2nc(/N=C(N)\N=C\c3c(O)[nH]c(=S)[nH]c3=O)nc(C)c2cc1C. The maximum absolute atomic E-state index is 11.8. The van der Waals surface area contributed by atoms with Crippen LogP contribution in [0.5, 0.6) is 5.88 Å². The van der Waals surface area contributed by atoms with Gasteiger partial charge in [0.05, 0.1) is 11.2 Å². The summed E-state index contributed by atoms with van der Waals surface area (Å²) < 4.78 is 0.00172. The first-order valence-electron chi connectivity index (χ1n) is 7.94. The molecule has 0 unspecified atom stereocenters. The molecule has 2 heterocycles. The van der Waals surface area contributed by atoms with Crippen LogP contribution in [-0.2, 0) is 0 Å². The maximum Gasteiger partial charge on any atom is 0.264 e. The summed E-state index contributed by atoms with van der Waals surface area (Å²) in [5.74, 6) is -0.425. The highest BCUT2D eigenvalue weighted by molar-refractivity contribution is 7.71. The predicted molar refractivity (Wildman–Crippen MR) is 107 cm³/mol. The number of hydrogen-bond acceptors (Lipinski definition) is 6. The molecule has 0 spiro atoms. The van der Waals surface area contributed by atoms with Crippen LogP contribution in [0.25, 0.3) is 10.9 Å². The van der Waals surface area contributed by atoms with Crippen LogP contribution in [0.4, 0.5) is 5.95 Å². The first-order chi connectivity index (χ1) is 12.7. The van der Waals surface area contributed by atoms with Gasteiger partial charge >= 0.3 is 0 Å². The first kappa shape index (κ1) is 18.4. The molecule has 0 fully saturated rings. The second-order valence-corrected chi connectivity index (χ2v) is 6.37. The second-order valence-electron chi connectivity index (χ2n) is 5.96. The van der Waals surface area contributed by atoms with Gasteiger partial charge in [-0.1, -0.05) is 0 Å². The van der Waals surface area contributed by atoms with Crippen molar-refractivity contribution in [2.75, 3.05) is 0 Å². The third-order valence-electron chi connectivity index (χ3n) is 3.99. The Morgan fingerprint density at radius 1 is 1.22 bits per heavy atom. The van der Waals surface area contributed by atoms with Crippen molar-refractivity contribution in [2.24, 2.45) is 15.7 Å². The van der Waals surface area contributed by atoms with Crippen LogP contribution in [0, 0.1) is 25.5 Å². The lowest BCUT2D eigenvalue weighted by Gasteiger charge is -2.06. The minimum Gasteiger partial charge on any atom is -0.494 e. The smallest absolute Gasteiger partial charge is 0.264 e. The number of aromatic nitrogens is 4. The molecule has 9 nitrogen and oxygen atoms in total. The van der Waals surface area contributed by atoms with Gasteiger partial charge in [-0.15, -0.1) is 0 Å². The lowest BCUT2D eigenvalue weighted by Crippen LogP contribution is -2.15. The van der Waals surface area contributed by atoms with Crippen molar-refractivity contribution in [3.63, 3.8) is 0 Å². The molecular formula is C17H17N7O2S. The predicted octanol–water partition coefficient (Wildman–Crippen LogP) is 2.07. The zero-order chi connectivity index (χ0) is 19.7. The number of nitrogens with one attached hydrogen (secondary N) is 2. The molecule has 0 atom stereocenters. The summed E-state index contributed by atoms with van der Waals surface area (Å²) in [5, 5.41) is 10.7. The standard InChI is InChI=1S/C17H17N7O2S/c1-7-4-10-9(3)20-16(21-12(10)5-8(7)2)24-15(18)19-6-11-13(25)22-17(27)23-14(11)26/h4-6H,1-3H3,(H2,18,20,21,24)(H3,22,23,25,26,27)/b19-6+. The Hall–Kier alpha value is -3.40. The van der Waals surface area contributed by atoms with E-state index in [0.29, 0.717) is 0 Å². The quantitative estimate of drug-likeness (QED) is 0.303. The Balaban J connectivity index is 1.98. The van der Waals surface area contributed by atoms with Crippen LogP contribution in [0.3, 0.4) is 0 Å². The van der Waals surface area contributed by atoms with Gasteiger partial charge in [0.25, 0.3) is 11.5 Å². The van der Waals surface area contributed by atoms with Crippen molar-refractivity contribution >= 4 is 41.2 Å². The molecule has 27 heavy (non-hydrogen) atoms. The number of rotatable bonds is 2. The number of nitrogens with two attached hydrogens (primary N) is 1. The van der Waals surface area contributed by atoms with E-state index in [9.17, 15) is 9.90 Å². The molecule has 0 aliphatic rings. The molecule has 2 aromatic heterocycles. The summed E-state index contributed by atoms with van der Waals surface area (Å²) in [5.41, 5.74) is 8.84. The molecular weight excluding hydrogens is 366 g/mol. The van der Waals surface area contributed by atoms with Crippen molar-refractivity contribution in [1.29, 1.82) is 0 Å². The third kappa shape index (κ3) is 3.90. The summed E-state index contributed by atoms with van der Waals surface area (Å²) in [7, 11) is 0. The van der Waals surface area contributed by atoms with Crippen LogP contribution in [0.15, 0.2) is 26.9 Å². The van der Waals surface area contributed by atoms with E-state index in [1.54, 1.807) is 0 Å². The Morgan fingerprint density at radius 3 is 2.63 bits per heavy atom. The van der Waals surface area contributed by atoms with Gasteiger partial charge in [0, 0.05) is 11.6 Å². The van der Waals surface area contributed by atoms with E-state index in [4.69, 9.17) is 18.0 Å². The normalized spacial score (nSPS) is 12.2. The van der Waals surface area contributed by atoms with Gasteiger partial charge in [-0.2, -0.15) is 4.99 Å². The number of aryl methyl sites for hydroxylation is 3. The Morgan fingerprint density at radius 2 is 1.93 bits per heavy atom. The molecule has 0 amide bonds. The van der Waals surface area contributed by atoms with E-state index in [0.717, 1.165) is 33.9 Å². The third-order valence-corrected chi connectivity index (χ3v) is 4.19. The van der Waals surface area contributed by atoms with E-state index in [2.05, 4.69) is 29.9 Å². The Labute approximate surface area is 158 Å². The summed E-state index contributed by atoms with van der Waals surface area (Å²) >= 11 is 4.76. The number of aliphatic imine (C=N–C) groups is 2. The highest BCUT2D eigenvalue weighted by Gasteiger charge is 2.07. The average molecular weight is 383 g/mol. The monoisotopic (exact) mass is 383 g/mol. The lowest BCUT2D eigenvalue weighted by molar-refractivity contribution is 0.449. The minimum absolute atomic E-state index is 0.00172. The van der Waals surface area contributed by atoms with Crippen LogP contribution >= 0.6 is 12.2 Å². The molecule has 3 rings (SSSR count). The fourth-order valence-corrected chi connectivity index (χ4v) is 2.63. The number of hydrogen-bond donors (Lipinski definition) is 4. The van der Waals surface area contributed by atoms with Crippen LogP contribution in [-0.4, -0.2) is 37.2 Å². The van der Waals surface area contributed by atoms with Gasteiger partial charge < -0.3 is 15.8 Å². The average Bonchev–Trinajstić information content (AvgIpc) is 2.55. The maximum atomic E-state index is 11.8. The lowest BCUT2D eigenvalue weighted by atomic mass is 10.1. The zero-order valence-electron chi connectivity index (χ0n) is 14.9. The van der Waals surface area contributed by atoms with E-state index in [1.165, 1.54) is 0 Å². The van der Waals surface area contributed by atoms with E-state index >= 15 is 0 Å². The van der Waals surface area contributed by atoms with Crippen molar-refractivity contribution < 1.29 is 5.11 Å². The van der Waals surface area contributed by atoms with Gasteiger partial charge in [0.2, 0.25) is 11.8 Å². The van der Waals surface area contributed by atoms with Gasteiger partial charge in [-0.05, 0) is 56.2 Å². The molecule has 0 bridgehead atoms. The number of aromatic amines is 2. The highest BCUT2D eigenvalue weighted by atomic mass is 32.1. The number of aromatic hydroxyl groups is 1. The van der Waals surface area contributed by atoms with Gasteiger partial charge in [0.15, 0.2) is 4.77 Å². The Kier molecular flexibility index (Phi) is 4.82. The van der Waals surface area contributed by atoms with Crippen molar-refractivity contribution in [3.05, 3.63) is 49.6 Å². The van der Waals surface area contributed by atoms with Crippen molar-refractivity contribution in [2.45, 2.75) is 20.8 Å². The molecule has 1 aromatic carbocycles.